The summed E-state index contributed by atoms with van der Waals surface area (Å²) < 4.78 is 133. The first-order chi connectivity index (χ1) is 25.9. The number of anilines is 2. The summed E-state index contributed by atoms with van der Waals surface area (Å²) in [6, 6.07) is 1.87. The number of alkyl halides is 7. The molecule has 0 aliphatic carbocycles. The standard InChI is InChI=1S/C36H35F8N7O3S/c1-4-50(24-8-11-51(17(24)2)33(52)53-3)31-20-12-22(35(39,40)41)26(19-6-7-23(38)29-25(19)21(14-45)30(46)55-29)27(36(42,43)44)28(20)47-32(48-31)54-16-34-9-5-10-49(34)15-18(37)13-34/h6-7,12,17-18,24H,4-5,8-11,13,15-16,46H2,1-3H3. The van der Waals surface area contributed by atoms with Gasteiger partial charge in [-0.25, -0.2) is 13.6 Å². The van der Waals surface area contributed by atoms with Crippen molar-refractivity contribution in [2.24, 2.45) is 0 Å². The number of hydrogen-bond acceptors (Lipinski definition) is 10. The largest absolute Gasteiger partial charge is 0.461 e. The Morgan fingerprint density at radius 3 is 2.58 bits per heavy atom. The van der Waals surface area contributed by atoms with Crippen LogP contribution in [0.25, 0.3) is 32.1 Å². The van der Waals surface area contributed by atoms with E-state index < -0.39 is 103 Å². The highest BCUT2D eigenvalue weighted by Gasteiger charge is 2.50. The van der Waals surface area contributed by atoms with Crippen molar-refractivity contribution < 1.29 is 49.4 Å². The number of likely N-dealkylation sites (N-methyl/N-ethyl adjacent to an activating group) is 1. The molecule has 7 rings (SSSR count). The number of amides is 1. The monoisotopic (exact) mass is 797 g/mol. The molecule has 55 heavy (non-hydrogen) atoms. The van der Waals surface area contributed by atoms with Gasteiger partial charge >= 0.3 is 24.5 Å². The molecular weight excluding hydrogens is 762 g/mol. The van der Waals surface area contributed by atoms with Crippen molar-refractivity contribution in [3.05, 3.63) is 40.7 Å². The highest BCUT2D eigenvalue weighted by molar-refractivity contribution is 7.23. The van der Waals surface area contributed by atoms with Crippen LogP contribution in [-0.4, -0.2) is 89.6 Å². The molecule has 1 amide bonds. The van der Waals surface area contributed by atoms with E-state index in [1.165, 1.54) is 16.9 Å². The van der Waals surface area contributed by atoms with Crippen LogP contribution in [0.3, 0.4) is 0 Å². The summed E-state index contributed by atoms with van der Waals surface area (Å²) in [4.78, 5) is 26.0. The summed E-state index contributed by atoms with van der Waals surface area (Å²) in [5, 5.41) is 8.48. The number of ether oxygens (including phenoxy) is 2. The lowest BCUT2D eigenvalue weighted by Gasteiger charge is -2.35. The molecule has 2 N–H and O–H groups in total. The molecule has 5 heterocycles. The van der Waals surface area contributed by atoms with E-state index in [-0.39, 0.29) is 49.9 Å². The lowest BCUT2D eigenvalue weighted by atomic mass is 9.88. The van der Waals surface area contributed by atoms with E-state index in [0.717, 1.165) is 18.6 Å². The Balaban J connectivity index is 1.54. The number of methoxy groups -OCH3 is 1. The van der Waals surface area contributed by atoms with Crippen molar-refractivity contribution in [2.75, 3.05) is 50.5 Å². The molecule has 4 unspecified atom stereocenters. The first-order valence-electron chi connectivity index (χ1n) is 17.5. The van der Waals surface area contributed by atoms with Crippen molar-refractivity contribution in [1.29, 1.82) is 5.26 Å². The number of likely N-dealkylation sites (tertiary alicyclic amines) is 1. The quantitative estimate of drug-likeness (QED) is 0.185. The van der Waals surface area contributed by atoms with E-state index >= 15 is 30.7 Å². The topological polar surface area (TPSA) is 121 Å². The second-order valence-corrected chi connectivity index (χ2v) is 15.1. The Kier molecular flexibility index (Phi) is 9.68. The van der Waals surface area contributed by atoms with Crippen molar-refractivity contribution in [1.82, 2.24) is 19.8 Å². The van der Waals surface area contributed by atoms with Crippen LogP contribution in [0, 0.1) is 17.1 Å². The Hall–Kier alpha value is -4.70. The van der Waals surface area contributed by atoms with E-state index in [2.05, 4.69) is 9.97 Å². The van der Waals surface area contributed by atoms with Gasteiger partial charge in [-0.1, -0.05) is 6.07 Å². The van der Waals surface area contributed by atoms with Gasteiger partial charge in [0.2, 0.25) is 0 Å². The average molecular weight is 798 g/mol. The van der Waals surface area contributed by atoms with E-state index in [0.29, 0.717) is 30.4 Å². The van der Waals surface area contributed by atoms with Gasteiger partial charge in [0.15, 0.2) is 0 Å². The maximum Gasteiger partial charge on any atom is 0.419 e. The van der Waals surface area contributed by atoms with E-state index in [4.69, 9.17) is 15.2 Å². The summed E-state index contributed by atoms with van der Waals surface area (Å²) in [5.74, 6) is -1.31. The third-order valence-corrected chi connectivity index (χ3v) is 12.1. The molecule has 0 bridgehead atoms. The second-order valence-electron chi connectivity index (χ2n) is 14.1. The fraction of sp³-hybridized carbons (Fsp3) is 0.500. The van der Waals surface area contributed by atoms with Crippen molar-refractivity contribution >= 4 is 49.2 Å². The fourth-order valence-corrected chi connectivity index (χ4v) is 9.66. The van der Waals surface area contributed by atoms with Gasteiger partial charge in [-0.3, -0.25) is 4.90 Å². The highest BCUT2D eigenvalue weighted by Crippen LogP contribution is 2.52. The van der Waals surface area contributed by atoms with Gasteiger partial charge in [0, 0.05) is 42.4 Å². The normalized spacial score (nSPS) is 23.1. The Labute approximate surface area is 313 Å². The maximum absolute atomic E-state index is 15.7. The number of carbonyl (C=O) groups is 1. The van der Waals surface area contributed by atoms with Crippen molar-refractivity contribution in [3.8, 4) is 23.2 Å². The zero-order chi connectivity index (χ0) is 39.8. The van der Waals surface area contributed by atoms with Gasteiger partial charge < -0.3 is 25.0 Å². The molecule has 3 aliphatic rings. The number of aromatic nitrogens is 2. The lowest BCUT2D eigenvalue weighted by molar-refractivity contribution is -0.141. The number of benzene rings is 2. The van der Waals surface area contributed by atoms with Crippen LogP contribution in [-0.2, 0) is 17.1 Å². The smallest absolute Gasteiger partial charge is 0.419 e. The summed E-state index contributed by atoms with van der Waals surface area (Å²) in [6.45, 7) is 4.06. The van der Waals surface area contributed by atoms with E-state index in [1.807, 2.05) is 4.90 Å². The van der Waals surface area contributed by atoms with Crippen molar-refractivity contribution in [2.45, 2.75) is 75.7 Å². The molecule has 3 aliphatic heterocycles. The number of halogens is 8. The predicted molar refractivity (Wildman–Crippen MR) is 188 cm³/mol. The van der Waals surface area contributed by atoms with Gasteiger partial charge in [0.05, 0.1) is 51.6 Å². The van der Waals surface area contributed by atoms with Crippen molar-refractivity contribution in [3.63, 3.8) is 0 Å². The third kappa shape index (κ3) is 6.40. The van der Waals surface area contributed by atoms with Crippen LogP contribution in [0.1, 0.15) is 56.2 Å². The third-order valence-electron chi connectivity index (χ3n) is 11.1. The molecule has 0 radical (unpaired) electrons. The average Bonchev–Trinajstić information content (AvgIpc) is 3.86. The van der Waals surface area contributed by atoms with Gasteiger partial charge in [-0.15, -0.1) is 11.3 Å². The summed E-state index contributed by atoms with van der Waals surface area (Å²) >= 11 is 0.523. The number of nitrogen functional groups attached to an aromatic ring is 1. The number of fused-ring (bicyclic) bond motifs is 3. The molecule has 4 atom stereocenters. The molecule has 2 aromatic heterocycles. The van der Waals surface area contributed by atoms with Gasteiger partial charge in [-0.05, 0) is 57.4 Å². The number of hydrogen-bond donors (Lipinski definition) is 1. The van der Waals surface area contributed by atoms with Gasteiger partial charge in [0.1, 0.15) is 35.5 Å². The van der Waals surface area contributed by atoms with Crippen LogP contribution < -0.4 is 15.4 Å². The maximum atomic E-state index is 15.7. The number of rotatable bonds is 7. The van der Waals surface area contributed by atoms with Gasteiger partial charge in [0.25, 0.3) is 0 Å². The molecule has 3 saturated heterocycles. The minimum absolute atomic E-state index is 0.0273. The van der Waals surface area contributed by atoms with Crippen LogP contribution >= 0.6 is 11.3 Å². The van der Waals surface area contributed by atoms with Crippen LogP contribution in [0.5, 0.6) is 6.01 Å². The Morgan fingerprint density at radius 1 is 1.18 bits per heavy atom. The number of carbonyl (C=O) groups excluding carboxylic acids is 1. The fourth-order valence-electron chi connectivity index (χ4n) is 8.71. The first kappa shape index (κ1) is 38.6. The second kappa shape index (κ2) is 13.8. The van der Waals surface area contributed by atoms with E-state index in [1.54, 1.807) is 19.9 Å². The zero-order valence-electron chi connectivity index (χ0n) is 29.7. The molecule has 294 valence electrons. The summed E-state index contributed by atoms with van der Waals surface area (Å²) in [7, 11) is 1.19. The molecule has 4 aromatic rings. The predicted octanol–water partition coefficient (Wildman–Crippen LogP) is 8.15. The number of nitrogens with two attached hydrogens (primary N) is 1. The molecule has 0 saturated carbocycles. The molecule has 0 spiro atoms. The number of nitrogens with zero attached hydrogens (tertiary/aromatic N) is 6. The Bertz CT molecular complexity index is 2220. The summed E-state index contributed by atoms with van der Waals surface area (Å²) in [5.41, 5.74) is -1.94. The lowest BCUT2D eigenvalue weighted by Crippen LogP contribution is -2.46. The minimum atomic E-state index is -5.53. The zero-order valence-corrected chi connectivity index (χ0v) is 30.6. The van der Waals surface area contributed by atoms with Gasteiger partial charge in [-0.2, -0.15) is 41.6 Å². The molecule has 10 nitrogen and oxygen atoms in total. The highest BCUT2D eigenvalue weighted by atomic mass is 32.1. The number of thiophene rings is 1. The molecule has 2 aromatic carbocycles. The molecular formula is C36H35F8N7O3S. The first-order valence-corrected chi connectivity index (χ1v) is 18.3. The van der Waals surface area contributed by atoms with Crippen LogP contribution in [0.2, 0.25) is 0 Å². The van der Waals surface area contributed by atoms with Crippen LogP contribution in [0.4, 0.5) is 50.7 Å². The summed E-state index contributed by atoms with van der Waals surface area (Å²) in [6.07, 6.45) is -11.1. The minimum Gasteiger partial charge on any atom is -0.461 e. The SMILES string of the molecule is CCN(c1nc(OCC23CCCN2CC(F)C3)nc2c(C(F)(F)F)c(-c3ccc(F)c4sc(N)c(C#N)c34)c(C(F)(F)F)cc12)C1CCN(C(=O)OC)C1C. The Morgan fingerprint density at radius 2 is 1.93 bits per heavy atom. The van der Waals surface area contributed by atoms with E-state index in [9.17, 15) is 14.4 Å². The van der Waals surface area contributed by atoms with Crippen LogP contribution in [0.15, 0.2) is 18.2 Å². The molecule has 3 fully saturated rings. The molecule has 19 heteroatoms. The number of nitriles is 1.